The zero-order chi connectivity index (χ0) is 18.3. The Morgan fingerprint density at radius 3 is 2.56 bits per heavy atom. The maximum absolute atomic E-state index is 12.5. The van der Waals surface area contributed by atoms with Crippen LogP contribution in [-0.4, -0.2) is 69.9 Å². The first kappa shape index (κ1) is 19.7. The van der Waals surface area contributed by atoms with E-state index in [-0.39, 0.29) is 18.0 Å². The van der Waals surface area contributed by atoms with E-state index in [9.17, 15) is 8.42 Å². The molecule has 1 aliphatic rings. The normalized spacial score (nSPS) is 22.8. The van der Waals surface area contributed by atoms with Crippen molar-refractivity contribution >= 4 is 16.0 Å². The van der Waals surface area contributed by atoms with Gasteiger partial charge in [0.25, 0.3) is 0 Å². The van der Waals surface area contributed by atoms with E-state index in [4.69, 9.17) is 9.15 Å². The van der Waals surface area contributed by atoms with E-state index >= 15 is 0 Å². The number of rotatable bonds is 7. The zero-order valence-corrected chi connectivity index (χ0v) is 15.9. The van der Waals surface area contributed by atoms with Crippen LogP contribution >= 0.6 is 0 Å². The van der Waals surface area contributed by atoms with Gasteiger partial charge in [-0.15, -0.1) is 0 Å². The van der Waals surface area contributed by atoms with Gasteiger partial charge < -0.3 is 19.8 Å². The van der Waals surface area contributed by atoms with E-state index in [0.29, 0.717) is 32.1 Å². The summed E-state index contributed by atoms with van der Waals surface area (Å²) in [5.74, 6) is 1.48. The first-order valence-corrected chi connectivity index (χ1v) is 10.1. The number of sulfonamides is 1. The van der Waals surface area contributed by atoms with Gasteiger partial charge in [0.15, 0.2) is 5.96 Å². The van der Waals surface area contributed by atoms with Gasteiger partial charge >= 0.3 is 0 Å². The summed E-state index contributed by atoms with van der Waals surface area (Å²) >= 11 is 0. The lowest BCUT2D eigenvalue weighted by molar-refractivity contribution is -0.0440. The molecule has 0 spiro atoms. The molecule has 0 aromatic carbocycles. The van der Waals surface area contributed by atoms with Crippen molar-refractivity contribution in [1.82, 2.24) is 14.9 Å². The number of nitrogens with zero attached hydrogens (tertiary/aromatic N) is 2. The fourth-order valence-electron chi connectivity index (χ4n) is 2.76. The zero-order valence-electron chi connectivity index (χ0n) is 15.1. The predicted octanol–water partition coefficient (Wildman–Crippen LogP) is 0.426. The molecule has 2 rings (SSSR count). The molecule has 2 N–H and O–H groups in total. The van der Waals surface area contributed by atoms with Crippen molar-refractivity contribution in [1.29, 1.82) is 0 Å². The van der Waals surface area contributed by atoms with Gasteiger partial charge in [-0.2, -0.15) is 4.31 Å². The molecule has 0 amide bonds. The van der Waals surface area contributed by atoms with Crippen molar-refractivity contribution in [3.05, 3.63) is 24.2 Å². The van der Waals surface area contributed by atoms with Crippen molar-refractivity contribution < 1.29 is 17.6 Å². The number of ether oxygens (including phenoxy) is 1. The van der Waals surface area contributed by atoms with Crippen LogP contribution < -0.4 is 10.6 Å². The van der Waals surface area contributed by atoms with Crippen LogP contribution in [0.5, 0.6) is 0 Å². The van der Waals surface area contributed by atoms with Gasteiger partial charge in [0, 0.05) is 39.6 Å². The molecule has 2 atom stereocenters. The van der Waals surface area contributed by atoms with Crippen molar-refractivity contribution in [2.24, 2.45) is 4.99 Å². The molecular formula is C16H28N4O4S. The molecule has 0 saturated carbocycles. The van der Waals surface area contributed by atoms with E-state index in [1.807, 2.05) is 26.0 Å². The smallest absolute Gasteiger partial charge is 0.216 e. The Hall–Kier alpha value is -1.58. The van der Waals surface area contributed by atoms with Crippen LogP contribution in [0.25, 0.3) is 0 Å². The van der Waals surface area contributed by atoms with Gasteiger partial charge in [-0.3, -0.25) is 4.99 Å². The van der Waals surface area contributed by atoms with Crippen LogP contribution in [0.1, 0.15) is 19.6 Å². The van der Waals surface area contributed by atoms with Crippen LogP contribution in [0.2, 0.25) is 0 Å². The standard InChI is InChI=1S/C16H28N4O4S/c1-13-11-20(12-14(2)24-13)25(21,22)10-8-19-16(17-3)18-7-6-15-5-4-9-23-15/h4-5,9,13-14H,6-8,10-12H2,1-3H3,(H2,17,18,19). The summed E-state index contributed by atoms with van der Waals surface area (Å²) in [5.41, 5.74) is 0. The first-order chi connectivity index (χ1) is 11.9. The van der Waals surface area contributed by atoms with Crippen LogP contribution in [0.4, 0.5) is 0 Å². The number of morpholine rings is 1. The minimum atomic E-state index is -3.32. The molecule has 1 aromatic heterocycles. The van der Waals surface area contributed by atoms with Crippen LogP contribution in [0.15, 0.2) is 27.8 Å². The van der Waals surface area contributed by atoms with Gasteiger partial charge in [0.05, 0.1) is 24.2 Å². The minimum Gasteiger partial charge on any atom is -0.469 e. The maximum atomic E-state index is 12.5. The third-order valence-corrected chi connectivity index (χ3v) is 5.70. The van der Waals surface area contributed by atoms with Gasteiger partial charge in [0.2, 0.25) is 10.0 Å². The number of hydrogen-bond donors (Lipinski definition) is 2. The average Bonchev–Trinajstić information content (AvgIpc) is 3.05. The van der Waals surface area contributed by atoms with Gasteiger partial charge in [0.1, 0.15) is 5.76 Å². The molecule has 1 saturated heterocycles. The van der Waals surface area contributed by atoms with Crippen molar-refractivity contribution in [2.75, 3.05) is 39.0 Å². The number of aliphatic imine (C=N–C) groups is 1. The lowest BCUT2D eigenvalue weighted by Gasteiger charge is -2.34. The van der Waals surface area contributed by atoms with E-state index in [1.165, 1.54) is 4.31 Å². The highest BCUT2D eigenvalue weighted by Gasteiger charge is 2.30. The Kier molecular flexibility index (Phi) is 7.27. The summed E-state index contributed by atoms with van der Waals surface area (Å²) in [6.45, 7) is 5.54. The van der Waals surface area contributed by atoms with E-state index < -0.39 is 10.0 Å². The Bertz CT molecular complexity index is 635. The molecule has 1 fully saturated rings. The first-order valence-electron chi connectivity index (χ1n) is 8.51. The highest BCUT2D eigenvalue weighted by molar-refractivity contribution is 7.89. The molecule has 1 aliphatic heterocycles. The number of guanidine groups is 1. The van der Waals surface area contributed by atoms with Crippen molar-refractivity contribution in [2.45, 2.75) is 32.5 Å². The summed E-state index contributed by atoms with van der Waals surface area (Å²) in [6, 6.07) is 3.76. The minimum absolute atomic E-state index is 0.0192. The fourth-order valence-corrected chi connectivity index (χ4v) is 4.26. The van der Waals surface area contributed by atoms with E-state index in [0.717, 1.165) is 12.2 Å². The Balaban J connectivity index is 1.73. The molecule has 25 heavy (non-hydrogen) atoms. The van der Waals surface area contributed by atoms with Gasteiger partial charge in [-0.25, -0.2) is 8.42 Å². The van der Waals surface area contributed by atoms with Crippen molar-refractivity contribution in [3.8, 4) is 0 Å². The predicted molar refractivity (Wildman–Crippen MR) is 97.1 cm³/mol. The average molecular weight is 372 g/mol. The Morgan fingerprint density at radius 2 is 1.96 bits per heavy atom. The second-order valence-electron chi connectivity index (χ2n) is 6.15. The fraction of sp³-hybridized carbons (Fsp3) is 0.688. The van der Waals surface area contributed by atoms with Crippen LogP contribution in [0.3, 0.4) is 0 Å². The summed E-state index contributed by atoms with van der Waals surface area (Å²) in [5, 5.41) is 6.18. The maximum Gasteiger partial charge on any atom is 0.216 e. The second kappa shape index (κ2) is 9.21. The quantitative estimate of drug-likeness (QED) is 0.532. The van der Waals surface area contributed by atoms with Crippen molar-refractivity contribution in [3.63, 3.8) is 0 Å². The highest BCUT2D eigenvalue weighted by Crippen LogP contribution is 2.14. The molecular weight excluding hydrogens is 344 g/mol. The van der Waals surface area contributed by atoms with Crippen LogP contribution in [-0.2, 0) is 21.2 Å². The molecule has 0 aliphatic carbocycles. The molecule has 1 aromatic rings. The highest BCUT2D eigenvalue weighted by atomic mass is 32.2. The number of nitrogens with one attached hydrogen (secondary N) is 2. The Labute approximate surface area is 149 Å². The molecule has 8 nitrogen and oxygen atoms in total. The second-order valence-corrected chi connectivity index (χ2v) is 8.23. The molecule has 0 bridgehead atoms. The van der Waals surface area contributed by atoms with Crippen LogP contribution in [0, 0.1) is 0 Å². The SMILES string of the molecule is CN=C(NCCc1ccco1)NCCS(=O)(=O)N1CC(C)OC(C)C1. The lowest BCUT2D eigenvalue weighted by Crippen LogP contribution is -2.50. The summed E-state index contributed by atoms with van der Waals surface area (Å²) < 4.78 is 37.3. The molecule has 2 unspecified atom stereocenters. The lowest BCUT2D eigenvalue weighted by atomic mass is 10.3. The molecule has 0 radical (unpaired) electrons. The summed E-state index contributed by atoms with van der Waals surface area (Å²) in [7, 11) is -1.66. The molecule has 9 heteroatoms. The van der Waals surface area contributed by atoms with E-state index in [2.05, 4.69) is 15.6 Å². The summed E-state index contributed by atoms with van der Waals surface area (Å²) in [6.07, 6.45) is 2.21. The van der Waals surface area contributed by atoms with Gasteiger partial charge in [-0.1, -0.05) is 0 Å². The number of hydrogen-bond acceptors (Lipinski definition) is 5. The van der Waals surface area contributed by atoms with Gasteiger partial charge in [-0.05, 0) is 26.0 Å². The third kappa shape index (κ3) is 6.33. The molecule has 142 valence electrons. The number of furan rings is 1. The third-order valence-electron chi connectivity index (χ3n) is 3.90. The topological polar surface area (TPSA) is 96.2 Å². The molecule has 2 heterocycles. The van der Waals surface area contributed by atoms with E-state index in [1.54, 1.807) is 13.3 Å². The summed E-state index contributed by atoms with van der Waals surface area (Å²) in [4.78, 5) is 4.10. The largest absolute Gasteiger partial charge is 0.469 e. The Morgan fingerprint density at radius 1 is 1.28 bits per heavy atom. The monoisotopic (exact) mass is 372 g/mol.